The van der Waals surface area contributed by atoms with Crippen molar-refractivity contribution < 1.29 is 17.6 Å². The van der Waals surface area contributed by atoms with Gasteiger partial charge in [0.25, 0.3) is 0 Å². The van der Waals surface area contributed by atoms with Gasteiger partial charge in [-0.1, -0.05) is 17.7 Å². The minimum atomic E-state index is -3.53. The van der Waals surface area contributed by atoms with Crippen LogP contribution in [-0.2, 0) is 21.2 Å². The first kappa shape index (κ1) is 21.4. The predicted molar refractivity (Wildman–Crippen MR) is 105 cm³/mol. The molecule has 0 radical (unpaired) electrons. The molecule has 0 aliphatic carbocycles. The van der Waals surface area contributed by atoms with Crippen LogP contribution in [0.4, 0.5) is 0 Å². The molecule has 1 aromatic carbocycles. The smallest absolute Gasteiger partial charge is 0.241 e. The van der Waals surface area contributed by atoms with Crippen molar-refractivity contribution in [1.29, 1.82) is 0 Å². The molecule has 0 unspecified atom stereocenters. The average Bonchev–Trinajstić information content (AvgIpc) is 3.09. The lowest BCUT2D eigenvalue weighted by Gasteiger charge is -2.34. The molecular formula is C18H24ClN3O4S. The number of benzene rings is 1. The molecule has 1 aliphatic rings. The highest BCUT2D eigenvalue weighted by atomic mass is 35.5. The number of hydrogen-bond donors (Lipinski definition) is 2. The highest BCUT2D eigenvalue weighted by Crippen LogP contribution is 2.28. The highest BCUT2D eigenvalue weighted by Gasteiger charge is 2.48. The van der Waals surface area contributed by atoms with Gasteiger partial charge in [-0.25, -0.2) is 13.4 Å². The van der Waals surface area contributed by atoms with Crippen LogP contribution in [0, 0.1) is 6.92 Å². The first-order chi connectivity index (χ1) is 12.3. The van der Waals surface area contributed by atoms with Crippen molar-refractivity contribution in [3.8, 4) is 11.5 Å². The van der Waals surface area contributed by atoms with Crippen molar-refractivity contribution in [2.45, 2.75) is 31.1 Å². The van der Waals surface area contributed by atoms with Crippen LogP contribution < -0.4 is 10.6 Å². The first-order valence-corrected chi connectivity index (χ1v) is 10.4. The maximum absolute atomic E-state index is 12.7. The van der Waals surface area contributed by atoms with Gasteiger partial charge in [-0.3, -0.25) is 4.79 Å². The summed E-state index contributed by atoms with van der Waals surface area (Å²) in [7, 11) is -3.53. The largest absolute Gasteiger partial charge is 0.444 e. The number of halogens is 1. The summed E-state index contributed by atoms with van der Waals surface area (Å²) in [6.07, 6.45) is 3.14. The molecule has 9 heteroatoms. The van der Waals surface area contributed by atoms with Crippen molar-refractivity contribution in [3.63, 3.8) is 0 Å². The van der Waals surface area contributed by atoms with Crippen LogP contribution >= 0.6 is 12.4 Å². The first-order valence-electron chi connectivity index (χ1n) is 8.52. The van der Waals surface area contributed by atoms with Gasteiger partial charge < -0.3 is 15.1 Å². The Bertz CT molecular complexity index is 888. The van der Waals surface area contributed by atoms with Gasteiger partial charge in [0.1, 0.15) is 6.26 Å². The number of piperidine rings is 1. The summed E-state index contributed by atoms with van der Waals surface area (Å²) < 4.78 is 28.6. The van der Waals surface area contributed by atoms with Gasteiger partial charge in [-0.15, -0.1) is 12.4 Å². The molecule has 1 saturated heterocycles. The Balaban J connectivity index is 0.00000261. The number of aromatic nitrogens is 1. The van der Waals surface area contributed by atoms with E-state index >= 15 is 0 Å². The molecule has 1 aliphatic heterocycles. The van der Waals surface area contributed by atoms with E-state index in [1.807, 2.05) is 31.2 Å². The molecule has 0 spiro atoms. The number of nitrogens with one attached hydrogen (secondary N) is 2. The summed E-state index contributed by atoms with van der Waals surface area (Å²) in [5.41, 5.74) is 2.53. The Morgan fingerprint density at radius 2 is 1.89 bits per heavy atom. The lowest BCUT2D eigenvalue weighted by molar-refractivity contribution is -0.124. The van der Waals surface area contributed by atoms with Crippen LogP contribution in [0.5, 0.6) is 0 Å². The van der Waals surface area contributed by atoms with E-state index in [0.29, 0.717) is 24.7 Å². The van der Waals surface area contributed by atoms with Crippen LogP contribution in [-0.4, -0.2) is 43.4 Å². The van der Waals surface area contributed by atoms with Crippen LogP contribution in [0.2, 0.25) is 0 Å². The summed E-state index contributed by atoms with van der Waals surface area (Å²) in [6, 6.07) is 7.76. The molecule has 2 aromatic rings. The van der Waals surface area contributed by atoms with E-state index in [9.17, 15) is 13.2 Å². The molecule has 2 heterocycles. The minimum absolute atomic E-state index is 0. The Morgan fingerprint density at radius 3 is 2.48 bits per heavy atom. The number of oxazole rings is 1. The lowest BCUT2D eigenvalue weighted by Crippen LogP contribution is -2.57. The second kappa shape index (κ2) is 8.41. The number of carbonyl (C=O) groups is 1. The fourth-order valence-corrected chi connectivity index (χ4v) is 4.50. The van der Waals surface area contributed by atoms with E-state index in [2.05, 4.69) is 15.6 Å². The van der Waals surface area contributed by atoms with Gasteiger partial charge in [-0.2, -0.15) is 0 Å². The number of carbonyl (C=O) groups excluding carboxylic acids is 1. The predicted octanol–water partition coefficient (Wildman–Crippen LogP) is 1.85. The van der Waals surface area contributed by atoms with Crippen LogP contribution in [0.1, 0.15) is 24.1 Å². The molecule has 1 amide bonds. The van der Waals surface area contributed by atoms with Crippen LogP contribution in [0.25, 0.3) is 11.5 Å². The summed E-state index contributed by atoms with van der Waals surface area (Å²) in [5.74, 6) is -0.00433. The zero-order chi connectivity index (χ0) is 18.8. The van der Waals surface area contributed by atoms with E-state index in [0.717, 1.165) is 17.4 Å². The van der Waals surface area contributed by atoms with Gasteiger partial charge in [0.15, 0.2) is 14.6 Å². The van der Waals surface area contributed by atoms with Crippen molar-refractivity contribution in [3.05, 3.63) is 41.8 Å². The molecule has 7 nitrogen and oxygen atoms in total. The Hall–Kier alpha value is -1.90. The molecule has 27 heavy (non-hydrogen) atoms. The summed E-state index contributed by atoms with van der Waals surface area (Å²) in [5, 5.41) is 5.82. The third kappa shape index (κ3) is 4.51. The Labute approximate surface area is 165 Å². The monoisotopic (exact) mass is 413 g/mol. The number of rotatable bonds is 5. The molecule has 2 N–H and O–H groups in total. The number of nitrogens with zero attached hydrogens (tertiary/aromatic N) is 1. The fourth-order valence-electron chi connectivity index (χ4n) is 3.15. The zero-order valence-corrected chi connectivity index (χ0v) is 17.0. The van der Waals surface area contributed by atoms with Crippen molar-refractivity contribution in [2.24, 2.45) is 0 Å². The number of sulfone groups is 1. The molecular weight excluding hydrogens is 390 g/mol. The molecule has 1 fully saturated rings. The van der Waals surface area contributed by atoms with Gasteiger partial charge in [-0.05, 0) is 45.0 Å². The summed E-state index contributed by atoms with van der Waals surface area (Å²) in [4.78, 5) is 17.0. The number of aryl methyl sites for hydroxylation is 1. The van der Waals surface area contributed by atoms with Crippen LogP contribution in [0.15, 0.2) is 34.9 Å². The second-order valence-electron chi connectivity index (χ2n) is 6.71. The molecule has 3 rings (SSSR count). The molecule has 1 aromatic heterocycles. The van der Waals surface area contributed by atoms with E-state index in [4.69, 9.17) is 4.42 Å². The van der Waals surface area contributed by atoms with Crippen LogP contribution in [0.3, 0.4) is 0 Å². The topological polar surface area (TPSA) is 101 Å². The number of amides is 1. The SMILES string of the molecule is Cc1ccc(-c2nc(CNC(=O)C3(S(C)(=O)=O)CCNCC3)co2)cc1.Cl. The van der Waals surface area contributed by atoms with E-state index in [-0.39, 0.29) is 31.8 Å². The molecule has 0 saturated carbocycles. The van der Waals surface area contributed by atoms with Crippen molar-refractivity contribution in [2.75, 3.05) is 19.3 Å². The maximum atomic E-state index is 12.7. The minimum Gasteiger partial charge on any atom is -0.444 e. The Kier molecular flexibility index (Phi) is 6.67. The third-order valence-corrected chi connectivity index (χ3v) is 6.83. The van der Waals surface area contributed by atoms with Gasteiger partial charge in [0.05, 0.1) is 12.2 Å². The van der Waals surface area contributed by atoms with Crippen molar-refractivity contribution >= 4 is 28.2 Å². The van der Waals surface area contributed by atoms with Gasteiger partial charge >= 0.3 is 0 Å². The lowest BCUT2D eigenvalue weighted by atomic mass is 9.96. The number of hydrogen-bond acceptors (Lipinski definition) is 6. The standard InChI is InChI=1S/C18H23N3O4S.ClH/c1-13-3-5-14(6-4-13)16-21-15(12-25-16)11-20-17(22)18(26(2,23)24)7-9-19-10-8-18;/h3-6,12,19H,7-11H2,1-2H3,(H,20,22);1H. The fraction of sp³-hybridized carbons (Fsp3) is 0.444. The zero-order valence-electron chi connectivity index (χ0n) is 15.3. The quantitative estimate of drug-likeness (QED) is 0.775. The maximum Gasteiger partial charge on any atom is 0.241 e. The van der Waals surface area contributed by atoms with Gasteiger partial charge in [0.2, 0.25) is 11.8 Å². The summed E-state index contributed by atoms with van der Waals surface area (Å²) >= 11 is 0. The second-order valence-corrected chi connectivity index (χ2v) is 9.03. The normalized spacial score (nSPS) is 16.4. The van der Waals surface area contributed by atoms with Gasteiger partial charge in [0, 0.05) is 11.8 Å². The molecule has 0 atom stereocenters. The van der Waals surface area contributed by atoms with E-state index < -0.39 is 20.5 Å². The van der Waals surface area contributed by atoms with E-state index in [1.54, 1.807) is 0 Å². The third-order valence-electron chi connectivity index (χ3n) is 4.82. The highest BCUT2D eigenvalue weighted by molar-refractivity contribution is 7.92. The summed E-state index contributed by atoms with van der Waals surface area (Å²) in [6.45, 7) is 3.13. The van der Waals surface area contributed by atoms with Crippen molar-refractivity contribution in [1.82, 2.24) is 15.6 Å². The molecule has 148 valence electrons. The Morgan fingerprint density at radius 1 is 1.26 bits per heavy atom. The average molecular weight is 414 g/mol. The molecule has 0 bridgehead atoms. The van der Waals surface area contributed by atoms with E-state index in [1.165, 1.54) is 6.26 Å².